The second-order valence-electron chi connectivity index (χ2n) is 3.93. The van der Waals surface area contributed by atoms with Crippen molar-refractivity contribution in [1.29, 1.82) is 0 Å². The summed E-state index contributed by atoms with van der Waals surface area (Å²) in [6.07, 6.45) is 2.84. The van der Waals surface area contributed by atoms with E-state index < -0.39 is 0 Å². The third kappa shape index (κ3) is 2.25. The van der Waals surface area contributed by atoms with Crippen LogP contribution >= 0.6 is 0 Å². The van der Waals surface area contributed by atoms with Crippen LogP contribution in [-0.2, 0) is 9.53 Å². The Morgan fingerprint density at radius 2 is 2.21 bits per heavy atom. The predicted octanol–water partition coefficient (Wildman–Crippen LogP) is -0.0127. The number of ether oxygens (including phenoxy) is 1. The fourth-order valence-corrected chi connectivity index (χ4v) is 2.04. The van der Waals surface area contributed by atoms with E-state index in [0.717, 1.165) is 52.0 Å². The molecule has 2 rings (SSSR count). The Balaban J connectivity index is 1.88. The lowest BCUT2D eigenvalue weighted by Gasteiger charge is -2.22. The molecule has 0 aromatic carbocycles. The Hall–Kier alpha value is -0.610. The molecule has 1 N–H and O–H groups in total. The summed E-state index contributed by atoms with van der Waals surface area (Å²) in [5.41, 5.74) is 0. The molecule has 0 radical (unpaired) electrons. The largest absolute Gasteiger partial charge is 0.368 e. The van der Waals surface area contributed by atoms with Crippen molar-refractivity contribution >= 4 is 5.91 Å². The Morgan fingerprint density at radius 3 is 3.00 bits per heavy atom. The molecular weight excluding hydrogens is 180 g/mol. The summed E-state index contributed by atoms with van der Waals surface area (Å²) in [5, 5.41) is 3.29. The summed E-state index contributed by atoms with van der Waals surface area (Å²) in [4.78, 5) is 13.9. The highest BCUT2D eigenvalue weighted by molar-refractivity contribution is 5.81. The zero-order chi connectivity index (χ0) is 9.80. The van der Waals surface area contributed by atoms with Crippen LogP contribution in [0.4, 0.5) is 0 Å². The van der Waals surface area contributed by atoms with Crippen LogP contribution in [0, 0.1) is 0 Å². The second-order valence-corrected chi connectivity index (χ2v) is 3.93. The number of amides is 1. The molecule has 2 saturated heterocycles. The van der Waals surface area contributed by atoms with Crippen LogP contribution in [0.2, 0.25) is 0 Å². The third-order valence-electron chi connectivity index (χ3n) is 2.86. The lowest BCUT2D eigenvalue weighted by atomic mass is 10.2. The number of nitrogens with one attached hydrogen (secondary N) is 1. The minimum absolute atomic E-state index is 0.145. The number of hydrogen-bond donors (Lipinski definition) is 1. The highest BCUT2D eigenvalue weighted by atomic mass is 16.5. The Kier molecular flexibility index (Phi) is 3.37. The van der Waals surface area contributed by atoms with Crippen LogP contribution in [0.15, 0.2) is 0 Å². The van der Waals surface area contributed by atoms with Crippen molar-refractivity contribution in [3.05, 3.63) is 0 Å². The Labute approximate surface area is 84.6 Å². The van der Waals surface area contributed by atoms with Crippen LogP contribution < -0.4 is 5.32 Å². The summed E-state index contributed by atoms with van der Waals surface area (Å²) in [5.74, 6) is 0.200. The third-order valence-corrected chi connectivity index (χ3v) is 2.86. The fourth-order valence-electron chi connectivity index (χ4n) is 2.04. The second kappa shape index (κ2) is 4.75. The van der Waals surface area contributed by atoms with Gasteiger partial charge in [-0.05, 0) is 25.8 Å². The molecule has 14 heavy (non-hydrogen) atoms. The van der Waals surface area contributed by atoms with E-state index in [1.807, 2.05) is 4.90 Å². The monoisotopic (exact) mass is 198 g/mol. The number of carbonyl (C=O) groups excluding carboxylic acids is 1. The van der Waals surface area contributed by atoms with E-state index in [0.29, 0.717) is 0 Å². The molecule has 2 aliphatic rings. The zero-order valence-corrected chi connectivity index (χ0v) is 8.50. The van der Waals surface area contributed by atoms with Gasteiger partial charge in [0.1, 0.15) is 6.10 Å². The number of rotatable bonds is 1. The maximum atomic E-state index is 11.9. The number of hydrogen-bond acceptors (Lipinski definition) is 3. The van der Waals surface area contributed by atoms with Crippen molar-refractivity contribution in [2.75, 3.05) is 32.8 Å². The smallest absolute Gasteiger partial charge is 0.251 e. The van der Waals surface area contributed by atoms with Gasteiger partial charge in [0.05, 0.1) is 0 Å². The molecular formula is C10H18N2O2. The highest BCUT2D eigenvalue weighted by Gasteiger charge is 2.28. The van der Waals surface area contributed by atoms with E-state index in [4.69, 9.17) is 4.74 Å². The van der Waals surface area contributed by atoms with Crippen LogP contribution in [0.3, 0.4) is 0 Å². The lowest BCUT2D eigenvalue weighted by molar-refractivity contribution is -0.140. The van der Waals surface area contributed by atoms with Gasteiger partial charge in [-0.15, -0.1) is 0 Å². The summed E-state index contributed by atoms with van der Waals surface area (Å²) in [7, 11) is 0. The van der Waals surface area contributed by atoms with Crippen LogP contribution in [0.25, 0.3) is 0 Å². The van der Waals surface area contributed by atoms with Crippen LogP contribution in [-0.4, -0.2) is 49.7 Å². The molecule has 2 fully saturated rings. The van der Waals surface area contributed by atoms with Gasteiger partial charge in [-0.2, -0.15) is 0 Å². The molecule has 0 spiro atoms. The maximum absolute atomic E-state index is 11.9. The molecule has 2 heterocycles. The first-order chi connectivity index (χ1) is 6.88. The normalized spacial score (nSPS) is 28.9. The van der Waals surface area contributed by atoms with Gasteiger partial charge in [0.25, 0.3) is 5.91 Å². The molecule has 0 aliphatic carbocycles. The van der Waals surface area contributed by atoms with E-state index >= 15 is 0 Å². The van der Waals surface area contributed by atoms with Gasteiger partial charge in [0.2, 0.25) is 0 Å². The molecule has 0 unspecified atom stereocenters. The summed E-state index contributed by atoms with van der Waals surface area (Å²) in [6.45, 7) is 4.40. The quantitative estimate of drug-likeness (QED) is 0.644. The molecule has 80 valence electrons. The summed E-state index contributed by atoms with van der Waals surface area (Å²) < 4.78 is 5.40. The highest BCUT2D eigenvalue weighted by Crippen LogP contribution is 2.15. The average molecular weight is 198 g/mol. The molecule has 1 atom stereocenters. The molecule has 1 amide bonds. The van der Waals surface area contributed by atoms with Crippen LogP contribution in [0.1, 0.15) is 19.3 Å². The molecule has 4 nitrogen and oxygen atoms in total. The van der Waals surface area contributed by atoms with E-state index in [-0.39, 0.29) is 12.0 Å². The number of nitrogens with zero attached hydrogens (tertiary/aromatic N) is 1. The van der Waals surface area contributed by atoms with E-state index in [9.17, 15) is 4.79 Å². The first-order valence-electron chi connectivity index (χ1n) is 5.49. The topological polar surface area (TPSA) is 41.6 Å². The van der Waals surface area contributed by atoms with E-state index in [2.05, 4.69) is 5.32 Å². The van der Waals surface area contributed by atoms with Gasteiger partial charge >= 0.3 is 0 Å². The molecule has 0 aromatic heterocycles. The van der Waals surface area contributed by atoms with Gasteiger partial charge in [0.15, 0.2) is 0 Å². The predicted molar refractivity (Wildman–Crippen MR) is 53.0 cm³/mol. The molecule has 0 aromatic rings. The standard InChI is InChI=1S/C10H18N2O2/c13-10(9-3-1-8-14-9)12-6-2-4-11-5-7-12/h9,11H,1-8H2/t9-/m1/s1. The number of carbonyl (C=O) groups is 1. The molecule has 0 saturated carbocycles. The maximum Gasteiger partial charge on any atom is 0.251 e. The summed E-state index contributed by atoms with van der Waals surface area (Å²) in [6, 6.07) is 0. The van der Waals surface area contributed by atoms with Crippen molar-refractivity contribution in [2.24, 2.45) is 0 Å². The van der Waals surface area contributed by atoms with Gasteiger partial charge in [0, 0.05) is 26.2 Å². The first-order valence-corrected chi connectivity index (χ1v) is 5.49. The van der Waals surface area contributed by atoms with Crippen molar-refractivity contribution in [3.8, 4) is 0 Å². The van der Waals surface area contributed by atoms with Gasteiger partial charge in [-0.3, -0.25) is 4.79 Å². The van der Waals surface area contributed by atoms with Gasteiger partial charge in [-0.1, -0.05) is 0 Å². The minimum Gasteiger partial charge on any atom is -0.368 e. The summed E-state index contributed by atoms with van der Waals surface area (Å²) >= 11 is 0. The lowest BCUT2D eigenvalue weighted by Crippen LogP contribution is -2.40. The van der Waals surface area contributed by atoms with Crippen molar-refractivity contribution in [2.45, 2.75) is 25.4 Å². The van der Waals surface area contributed by atoms with Crippen LogP contribution in [0.5, 0.6) is 0 Å². The first kappa shape index (κ1) is 9.93. The molecule has 2 aliphatic heterocycles. The van der Waals surface area contributed by atoms with Gasteiger partial charge in [-0.25, -0.2) is 0 Å². The average Bonchev–Trinajstić information content (AvgIpc) is 2.59. The van der Waals surface area contributed by atoms with E-state index in [1.165, 1.54) is 0 Å². The van der Waals surface area contributed by atoms with Crippen molar-refractivity contribution in [1.82, 2.24) is 10.2 Å². The Morgan fingerprint density at radius 1 is 1.29 bits per heavy atom. The SMILES string of the molecule is O=C([C@H]1CCCO1)N1CCCNCC1. The van der Waals surface area contributed by atoms with Crippen molar-refractivity contribution in [3.63, 3.8) is 0 Å². The zero-order valence-electron chi connectivity index (χ0n) is 8.50. The van der Waals surface area contributed by atoms with Crippen molar-refractivity contribution < 1.29 is 9.53 Å². The molecule has 0 bridgehead atoms. The minimum atomic E-state index is -0.145. The fraction of sp³-hybridized carbons (Fsp3) is 0.900. The van der Waals surface area contributed by atoms with E-state index in [1.54, 1.807) is 0 Å². The molecule has 4 heteroatoms. The Bertz CT molecular complexity index is 194. The van der Waals surface area contributed by atoms with Gasteiger partial charge < -0.3 is 15.0 Å².